The third-order valence-corrected chi connectivity index (χ3v) is 11.8. The molecule has 1 fully saturated rings. The summed E-state index contributed by atoms with van der Waals surface area (Å²) in [6.45, 7) is 0. The van der Waals surface area contributed by atoms with Gasteiger partial charge in [0.15, 0.2) is 0 Å². The summed E-state index contributed by atoms with van der Waals surface area (Å²) in [4.78, 5) is 0. The number of benzene rings is 3. The van der Waals surface area contributed by atoms with Crippen molar-refractivity contribution in [2.45, 2.75) is 12.0 Å². The second kappa shape index (κ2) is 13.0. The van der Waals surface area contributed by atoms with Crippen LogP contribution in [0.2, 0.25) is 5.54 Å². The summed E-state index contributed by atoms with van der Waals surface area (Å²) in [6.07, 6.45) is 13.2. The number of hydrogen-bond acceptors (Lipinski definition) is 0. The Morgan fingerprint density at radius 2 is 1.00 bits per heavy atom. The maximum Gasteiger partial charge on any atom is 4.00 e. The van der Waals surface area contributed by atoms with E-state index in [2.05, 4.69) is 122 Å². The van der Waals surface area contributed by atoms with Crippen LogP contribution in [0, 0.1) is 18.3 Å². The van der Waals surface area contributed by atoms with Gasteiger partial charge in [0, 0.05) is 0 Å². The van der Waals surface area contributed by atoms with Gasteiger partial charge < -0.3 is 43.6 Å². The van der Waals surface area contributed by atoms with Gasteiger partial charge in [0.05, 0.1) is 0 Å². The Kier molecular flexibility index (Phi) is 11.8. The van der Waals surface area contributed by atoms with Gasteiger partial charge in [-0.25, -0.2) is 0 Å². The van der Waals surface area contributed by atoms with E-state index < -0.39 is 8.07 Å². The molecule has 0 heterocycles. The van der Waals surface area contributed by atoms with Gasteiger partial charge in [0.1, 0.15) is 8.07 Å². The Morgan fingerprint density at radius 1 is 0.594 bits per heavy atom. The molecule has 162 valence electrons. The minimum absolute atomic E-state index is 0. The fourth-order valence-corrected chi connectivity index (χ4v) is 10.9. The van der Waals surface area contributed by atoms with Gasteiger partial charge in [-0.05, 0) is 5.92 Å². The second-order valence-electron chi connectivity index (χ2n) is 7.95. The molecule has 0 aliphatic heterocycles. The third-order valence-electron chi connectivity index (χ3n) is 6.52. The van der Waals surface area contributed by atoms with Crippen molar-refractivity contribution in [1.82, 2.24) is 0 Å². The van der Waals surface area contributed by atoms with Gasteiger partial charge in [-0.2, -0.15) is 5.54 Å². The Bertz CT molecular complexity index is 877. The summed E-state index contributed by atoms with van der Waals surface area (Å²) < 4.78 is 0. The molecule has 3 aromatic rings. The van der Waals surface area contributed by atoms with E-state index in [1.165, 1.54) is 22.0 Å². The van der Waals surface area contributed by atoms with Crippen LogP contribution in [-0.2, 0) is 21.7 Å². The van der Waals surface area contributed by atoms with E-state index in [0.717, 1.165) is 0 Å². The molecule has 5 rings (SSSR count). The van der Waals surface area contributed by atoms with Crippen molar-refractivity contribution in [3.05, 3.63) is 122 Å². The minimum atomic E-state index is -2.20. The van der Waals surface area contributed by atoms with E-state index in [-0.39, 0.29) is 58.9 Å². The molecule has 32 heavy (non-hydrogen) atoms. The molecule has 0 amide bonds. The van der Waals surface area contributed by atoms with Crippen molar-refractivity contribution in [3.63, 3.8) is 0 Å². The molecule has 3 unspecified atom stereocenters. The Morgan fingerprint density at radius 3 is 1.41 bits per heavy atom. The van der Waals surface area contributed by atoms with E-state index in [0.29, 0.717) is 17.4 Å². The first kappa shape index (κ1) is 29.0. The Labute approximate surface area is 226 Å². The summed E-state index contributed by atoms with van der Waals surface area (Å²) in [5.74, 6) is 1.20. The molecule has 3 atom stereocenters. The van der Waals surface area contributed by atoms with E-state index >= 15 is 0 Å². The summed E-state index contributed by atoms with van der Waals surface area (Å²) in [5, 5.41) is 4.54. The monoisotopic (exact) mass is 530 g/mol. The fourth-order valence-electron chi connectivity index (χ4n) is 5.32. The van der Waals surface area contributed by atoms with Crippen molar-refractivity contribution in [3.8, 4) is 0 Å². The molecule has 0 spiro atoms. The maximum atomic E-state index is 2.67. The van der Waals surface area contributed by atoms with Crippen molar-refractivity contribution < 1.29 is 58.9 Å². The number of rotatable bonds is 4. The van der Waals surface area contributed by atoms with Crippen LogP contribution in [0.5, 0.6) is 0 Å². The van der Waals surface area contributed by atoms with E-state index in [1.54, 1.807) is 0 Å². The van der Waals surface area contributed by atoms with Crippen LogP contribution < -0.4 is 52.8 Å². The molecule has 0 N–H and O–H groups in total. The summed E-state index contributed by atoms with van der Waals surface area (Å²) >= 11 is 0. The molecule has 5 heteroatoms. The number of allylic oxidation sites excluding steroid dienone is 4. The average Bonchev–Trinajstić information content (AvgIpc) is 3.21. The largest absolute Gasteiger partial charge is 4.00 e. The molecule has 2 aliphatic rings. The fraction of sp³-hybridized carbons (Fsp3) is 0.148. The number of hydrogen-bond donors (Lipinski definition) is 0. The number of fused-ring (bicyclic) bond motifs is 1. The zero-order valence-electron chi connectivity index (χ0n) is 17.6. The Balaban J connectivity index is 0.00000128. The van der Waals surface area contributed by atoms with Crippen LogP contribution in [0.1, 0.15) is 6.42 Å². The van der Waals surface area contributed by atoms with Gasteiger partial charge >= 0.3 is 21.7 Å². The summed E-state index contributed by atoms with van der Waals surface area (Å²) in [6, 6.07) is 33.9. The summed E-state index contributed by atoms with van der Waals surface area (Å²) in [5.41, 5.74) is 0.571. The minimum Gasteiger partial charge on any atom is -1.00 e. The molecule has 0 saturated heterocycles. The van der Waals surface area contributed by atoms with Gasteiger partial charge in [-0.15, -0.1) is 12.0 Å². The maximum absolute atomic E-state index is 2.67. The predicted octanol–water partition coefficient (Wildman–Crippen LogP) is -4.50. The first-order chi connectivity index (χ1) is 13.9. The topological polar surface area (TPSA) is 0 Å². The van der Waals surface area contributed by atoms with Crippen LogP contribution in [0.4, 0.5) is 0 Å². The van der Waals surface area contributed by atoms with Gasteiger partial charge in [0.25, 0.3) is 0 Å². The molecule has 0 aromatic heterocycles. The van der Waals surface area contributed by atoms with Crippen LogP contribution in [0.15, 0.2) is 115 Å². The molecular weight excluding hydrogens is 507 g/mol. The van der Waals surface area contributed by atoms with E-state index in [9.17, 15) is 0 Å². The Hall–Kier alpha value is -1.06. The molecule has 3 aromatic carbocycles. The van der Waals surface area contributed by atoms with Gasteiger partial charge in [-0.1, -0.05) is 131 Å². The van der Waals surface area contributed by atoms with Crippen molar-refractivity contribution in [2.75, 3.05) is 0 Å². The SMILES string of the molecule is C1=CC2[CH-]C([Si](c3ccccc3)(c3ccccc3)c3ccccc3)CC2C=C1.[Cl-].[Cl-].[Cl-].[Ti+4]. The van der Waals surface area contributed by atoms with Crippen LogP contribution >= 0.6 is 0 Å². The van der Waals surface area contributed by atoms with Crippen molar-refractivity contribution >= 4 is 23.6 Å². The zero-order valence-corrected chi connectivity index (χ0v) is 22.4. The standard InChI is InChI=1S/C27H25Si.3ClH.Ti/c1-4-14-24(15-5-1)28(25-16-6-2-7-17-25,26-18-8-3-9-19-26)27-20-22-12-10-11-13-23(22)21-27;;;;/h1-20,22-23,27H,21H2;3*1H;/q-1;;;;+4/p-3. The van der Waals surface area contributed by atoms with Crippen molar-refractivity contribution in [2.24, 2.45) is 11.8 Å². The molecule has 1 saturated carbocycles. The summed E-state index contributed by atoms with van der Waals surface area (Å²) in [7, 11) is -2.20. The normalized spacial score (nSPS) is 20.6. The first-order valence-electron chi connectivity index (χ1n) is 10.3. The van der Waals surface area contributed by atoms with Crippen LogP contribution in [0.3, 0.4) is 0 Å². The number of halogens is 3. The van der Waals surface area contributed by atoms with E-state index in [4.69, 9.17) is 0 Å². The first-order valence-corrected chi connectivity index (χ1v) is 12.3. The van der Waals surface area contributed by atoms with Gasteiger partial charge in [-0.3, -0.25) is 0 Å². The van der Waals surface area contributed by atoms with Crippen LogP contribution in [0.25, 0.3) is 0 Å². The molecule has 0 radical (unpaired) electrons. The third kappa shape index (κ3) is 5.20. The molecule has 2 aliphatic carbocycles. The second-order valence-corrected chi connectivity index (χ2v) is 12.0. The average molecular weight is 532 g/mol. The quantitative estimate of drug-likeness (QED) is 0.181. The van der Waals surface area contributed by atoms with Crippen LogP contribution in [-0.4, -0.2) is 8.07 Å². The zero-order chi connectivity index (χ0) is 18.8. The predicted molar refractivity (Wildman–Crippen MR) is 122 cm³/mol. The molecular formula is C27H25Cl3SiTi. The molecule has 0 nitrogen and oxygen atoms in total. The van der Waals surface area contributed by atoms with Gasteiger partial charge in [0.2, 0.25) is 0 Å². The van der Waals surface area contributed by atoms with E-state index in [1.807, 2.05) is 0 Å². The smallest absolute Gasteiger partial charge is 1.00 e. The molecule has 0 bridgehead atoms. The van der Waals surface area contributed by atoms with Crippen molar-refractivity contribution in [1.29, 1.82) is 0 Å².